The van der Waals surface area contributed by atoms with Gasteiger partial charge >= 0.3 is 0 Å². The predicted molar refractivity (Wildman–Crippen MR) is 122 cm³/mol. The van der Waals surface area contributed by atoms with Crippen LogP contribution in [0.3, 0.4) is 0 Å². The molecule has 1 N–H and O–H groups in total. The second-order valence-corrected chi connectivity index (χ2v) is 8.52. The normalized spacial score (nSPS) is 20.5. The van der Waals surface area contributed by atoms with Gasteiger partial charge in [-0.1, -0.05) is 38.3 Å². The third kappa shape index (κ3) is 4.31. The minimum absolute atomic E-state index is 0.0158. The Bertz CT molecular complexity index is 1120. The maximum Gasteiger partial charge on any atom is 0.168 e. The van der Waals surface area contributed by atoms with Crippen LogP contribution in [0.15, 0.2) is 30.6 Å². The second kappa shape index (κ2) is 9.45. The van der Waals surface area contributed by atoms with E-state index in [1.807, 2.05) is 0 Å². The van der Waals surface area contributed by atoms with Gasteiger partial charge in [0.15, 0.2) is 17.3 Å². The second-order valence-electron chi connectivity index (χ2n) is 8.14. The molecule has 2 atom stereocenters. The molecule has 170 valence electrons. The molecule has 5 nitrogen and oxygen atoms in total. The molecule has 0 amide bonds. The standard InChI is InChI=1S/C24H26ClF2N3O2/c1-4-13-8-15(9-14(13)5-2)32-21-10-16-19(11-20(21)31-3)28-12-29-24(16)30-18-7-6-17(26)22(25)23(18)27/h6-7,10-15H,4-5,8-9H2,1-3H3,(H,28,29,30). The number of rotatable bonds is 7. The number of fused-ring (bicyclic) bond motifs is 1. The average Bonchev–Trinajstić information content (AvgIpc) is 3.21. The van der Waals surface area contributed by atoms with Crippen molar-refractivity contribution in [2.75, 3.05) is 12.4 Å². The first-order valence-electron chi connectivity index (χ1n) is 10.8. The number of benzene rings is 2. The number of ether oxygens (including phenoxy) is 2. The Morgan fingerprint density at radius 1 is 1.06 bits per heavy atom. The van der Waals surface area contributed by atoms with Crippen LogP contribution in [0, 0.1) is 23.5 Å². The van der Waals surface area contributed by atoms with Crippen LogP contribution < -0.4 is 14.8 Å². The van der Waals surface area contributed by atoms with Gasteiger partial charge in [-0.3, -0.25) is 0 Å². The highest BCUT2D eigenvalue weighted by atomic mass is 35.5. The Morgan fingerprint density at radius 2 is 1.78 bits per heavy atom. The van der Waals surface area contributed by atoms with E-state index in [1.165, 1.54) is 12.4 Å². The fourth-order valence-corrected chi connectivity index (χ4v) is 4.76. The molecule has 0 aliphatic heterocycles. The van der Waals surface area contributed by atoms with Crippen LogP contribution in [0.2, 0.25) is 5.02 Å². The highest BCUT2D eigenvalue weighted by Crippen LogP contribution is 2.41. The topological polar surface area (TPSA) is 56.3 Å². The van der Waals surface area contributed by atoms with E-state index in [4.69, 9.17) is 21.1 Å². The smallest absolute Gasteiger partial charge is 0.168 e. The summed E-state index contributed by atoms with van der Waals surface area (Å²) in [6.45, 7) is 4.45. The highest BCUT2D eigenvalue weighted by molar-refractivity contribution is 6.31. The number of aromatic nitrogens is 2. The first kappa shape index (κ1) is 22.5. The molecule has 1 heterocycles. The van der Waals surface area contributed by atoms with Crippen LogP contribution in [0.4, 0.5) is 20.3 Å². The molecule has 1 aromatic heterocycles. The highest BCUT2D eigenvalue weighted by Gasteiger charge is 2.33. The van der Waals surface area contributed by atoms with Gasteiger partial charge in [-0.05, 0) is 42.9 Å². The van der Waals surface area contributed by atoms with Crippen molar-refractivity contribution >= 4 is 34.0 Å². The molecule has 1 fully saturated rings. The van der Waals surface area contributed by atoms with Crippen molar-refractivity contribution in [2.45, 2.75) is 45.6 Å². The molecule has 4 rings (SSSR count). The lowest BCUT2D eigenvalue weighted by Gasteiger charge is -2.18. The van der Waals surface area contributed by atoms with Crippen LogP contribution in [0.1, 0.15) is 39.5 Å². The van der Waals surface area contributed by atoms with E-state index in [-0.39, 0.29) is 11.8 Å². The molecule has 1 saturated carbocycles. The van der Waals surface area contributed by atoms with E-state index in [9.17, 15) is 8.78 Å². The van der Waals surface area contributed by atoms with Crippen molar-refractivity contribution in [3.05, 3.63) is 47.2 Å². The fourth-order valence-electron chi connectivity index (χ4n) is 4.60. The zero-order chi connectivity index (χ0) is 22.8. The molecule has 0 saturated heterocycles. The molecular formula is C24H26ClF2N3O2. The van der Waals surface area contributed by atoms with Gasteiger partial charge < -0.3 is 14.8 Å². The van der Waals surface area contributed by atoms with Crippen LogP contribution in [-0.2, 0) is 0 Å². The van der Waals surface area contributed by atoms with E-state index >= 15 is 0 Å². The molecule has 2 aromatic carbocycles. The lowest BCUT2D eigenvalue weighted by Crippen LogP contribution is -2.13. The maximum atomic E-state index is 14.4. The van der Waals surface area contributed by atoms with Crippen molar-refractivity contribution in [3.8, 4) is 11.5 Å². The Hall–Kier alpha value is -2.67. The van der Waals surface area contributed by atoms with Crippen LogP contribution in [-0.4, -0.2) is 23.2 Å². The van der Waals surface area contributed by atoms with Crippen molar-refractivity contribution in [1.82, 2.24) is 9.97 Å². The Morgan fingerprint density at radius 3 is 2.44 bits per heavy atom. The van der Waals surface area contributed by atoms with Gasteiger partial charge in [0.25, 0.3) is 0 Å². The van der Waals surface area contributed by atoms with Crippen molar-refractivity contribution < 1.29 is 18.3 Å². The summed E-state index contributed by atoms with van der Waals surface area (Å²) in [7, 11) is 1.59. The Balaban J connectivity index is 1.69. The average molecular weight is 462 g/mol. The van der Waals surface area contributed by atoms with E-state index in [0.29, 0.717) is 40.1 Å². The van der Waals surface area contributed by atoms with Crippen LogP contribution in [0.5, 0.6) is 11.5 Å². The number of nitrogens with one attached hydrogen (secondary N) is 1. The molecule has 3 aromatic rings. The first-order chi connectivity index (χ1) is 15.4. The minimum Gasteiger partial charge on any atom is -0.493 e. The summed E-state index contributed by atoms with van der Waals surface area (Å²) in [5, 5.41) is 2.95. The number of hydrogen-bond donors (Lipinski definition) is 1. The molecule has 8 heteroatoms. The number of halogens is 3. The third-order valence-electron chi connectivity index (χ3n) is 6.35. The van der Waals surface area contributed by atoms with Crippen molar-refractivity contribution in [3.63, 3.8) is 0 Å². The zero-order valence-corrected chi connectivity index (χ0v) is 19.0. The minimum atomic E-state index is -0.884. The summed E-state index contributed by atoms with van der Waals surface area (Å²) in [6, 6.07) is 5.96. The van der Waals surface area contributed by atoms with Gasteiger partial charge in [0.1, 0.15) is 23.0 Å². The lowest BCUT2D eigenvalue weighted by molar-refractivity contribution is 0.193. The van der Waals surface area contributed by atoms with Crippen LogP contribution in [0.25, 0.3) is 10.9 Å². The van der Waals surface area contributed by atoms with Gasteiger partial charge in [-0.25, -0.2) is 18.7 Å². The molecule has 1 aliphatic rings. The zero-order valence-electron chi connectivity index (χ0n) is 18.3. The van der Waals surface area contributed by atoms with Gasteiger partial charge in [-0.2, -0.15) is 0 Å². The first-order valence-corrected chi connectivity index (χ1v) is 11.2. The molecule has 2 unspecified atom stereocenters. The fraction of sp³-hybridized carbons (Fsp3) is 0.417. The summed E-state index contributed by atoms with van der Waals surface area (Å²) in [6.07, 6.45) is 5.76. The van der Waals surface area contributed by atoms with Gasteiger partial charge in [0.05, 0.1) is 24.4 Å². The molecule has 1 aliphatic carbocycles. The van der Waals surface area contributed by atoms with Crippen molar-refractivity contribution in [1.29, 1.82) is 0 Å². The van der Waals surface area contributed by atoms with E-state index in [1.54, 1.807) is 19.2 Å². The predicted octanol–water partition coefficient (Wildman–Crippen LogP) is 6.91. The summed E-state index contributed by atoms with van der Waals surface area (Å²) in [4.78, 5) is 8.56. The quantitative estimate of drug-likeness (QED) is 0.387. The van der Waals surface area contributed by atoms with E-state index in [0.717, 1.165) is 31.7 Å². The lowest BCUT2D eigenvalue weighted by atomic mass is 9.92. The van der Waals surface area contributed by atoms with Crippen LogP contribution >= 0.6 is 11.6 Å². The largest absolute Gasteiger partial charge is 0.493 e. The van der Waals surface area contributed by atoms with Gasteiger partial charge in [0, 0.05) is 11.5 Å². The molecule has 0 bridgehead atoms. The monoisotopic (exact) mass is 461 g/mol. The maximum absolute atomic E-state index is 14.4. The molecular weight excluding hydrogens is 436 g/mol. The third-order valence-corrected chi connectivity index (χ3v) is 6.70. The number of nitrogens with zero attached hydrogens (tertiary/aromatic N) is 2. The summed E-state index contributed by atoms with van der Waals surface area (Å²) >= 11 is 5.72. The molecule has 0 radical (unpaired) electrons. The van der Waals surface area contributed by atoms with E-state index < -0.39 is 16.7 Å². The van der Waals surface area contributed by atoms with Gasteiger partial charge in [-0.15, -0.1) is 0 Å². The Kier molecular flexibility index (Phi) is 6.65. The van der Waals surface area contributed by atoms with Crippen molar-refractivity contribution in [2.24, 2.45) is 11.8 Å². The summed E-state index contributed by atoms with van der Waals surface area (Å²) < 4.78 is 39.9. The summed E-state index contributed by atoms with van der Waals surface area (Å²) in [5.41, 5.74) is 0.617. The number of hydrogen-bond acceptors (Lipinski definition) is 5. The summed E-state index contributed by atoms with van der Waals surface area (Å²) in [5.74, 6) is 1.12. The number of anilines is 2. The number of methoxy groups -OCH3 is 1. The SMILES string of the molecule is CCC1CC(Oc2cc3c(Nc4ccc(F)c(Cl)c4F)ncnc3cc2OC)CC1CC. The van der Waals surface area contributed by atoms with Gasteiger partial charge in [0.2, 0.25) is 0 Å². The van der Waals surface area contributed by atoms with E-state index in [2.05, 4.69) is 29.1 Å². The Labute approximate surface area is 191 Å². The molecule has 32 heavy (non-hydrogen) atoms. The molecule has 0 spiro atoms.